The molecular weight excluding hydrogens is 256 g/mol. The number of benzene rings is 2. The lowest BCUT2D eigenvalue weighted by Gasteiger charge is -2.15. The van der Waals surface area contributed by atoms with Crippen molar-refractivity contribution in [2.24, 2.45) is 5.92 Å². The average molecular weight is 280 g/mol. The van der Waals surface area contributed by atoms with Crippen LogP contribution in [0.25, 0.3) is 11.1 Å². The molecule has 2 aromatic carbocycles. The molecule has 0 aliphatic rings. The van der Waals surface area contributed by atoms with Gasteiger partial charge in [0.1, 0.15) is 5.75 Å². The standard InChI is InChI=1S/C20H24O/c1-3-5-9-17(4-2)16-21-20-14-12-19(13-15-20)18-10-7-6-8-11-18/h6-8,10-12,15,17H,3-5,9,16H2,1-2H3. The van der Waals surface area contributed by atoms with Crippen molar-refractivity contribution >= 4 is 0 Å². The molecular formula is C20H24O. The maximum absolute atomic E-state index is 5.86. The van der Waals surface area contributed by atoms with E-state index in [-0.39, 0.29) is 0 Å². The minimum Gasteiger partial charge on any atom is -0.493 e. The van der Waals surface area contributed by atoms with Crippen LogP contribution >= 0.6 is 0 Å². The lowest BCUT2D eigenvalue weighted by molar-refractivity contribution is 0.233. The molecule has 0 heterocycles. The first-order valence-electron chi connectivity index (χ1n) is 7.95. The van der Waals surface area contributed by atoms with Crippen LogP contribution in [0.1, 0.15) is 39.5 Å². The van der Waals surface area contributed by atoms with Crippen LogP contribution in [0.15, 0.2) is 42.5 Å². The van der Waals surface area contributed by atoms with Gasteiger partial charge in [-0.25, -0.2) is 0 Å². The molecule has 0 aliphatic carbocycles. The Balaban J connectivity index is 1.90. The highest BCUT2D eigenvalue weighted by Crippen LogP contribution is 2.22. The molecule has 0 fully saturated rings. The Morgan fingerprint density at radius 3 is 2.48 bits per heavy atom. The zero-order chi connectivity index (χ0) is 14.9. The van der Waals surface area contributed by atoms with Gasteiger partial charge < -0.3 is 4.74 Å². The molecule has 0 saturated carbocycles. The minimum atomic E-state index is 0.646. The molecule has 1 unspecified atom stereocenters. The van der Waals surface area contributed by atoms with Crippen LogP contribution in [0.4, 0.5) is 0 Å². The summed E-state index contributed by atoms with van der Waals surface area (Å²) in [7, 11) is 0. The minimum absolute atomic E-state index is 0.646. The van der Waals surface area contributed by atoms with E-state index in [0.29, 0.717) is 5.92 Å². The zero-order valence-electron chi connectivity index (χ0n) is 13.1. The van der Waals surface area contributed by atoms with Crippen LogP contribution in [-0.2, 0) is 0 Å². The van der Waals surface area contributed by atoms with Crippen molar-refractivity contribution in [2.75, 3.05) is 6.61 Å². The maximum atomic E-state index is 5.86. The molecule has 0 spiro atoms. The maximum Gasteiger partial charge on any atom is 0.127 e. The summed E-state index contributed by atoms with van der Waals surface area (Å²) in [6, 6.07) is 20.6. The van der Waals surface area contributed by atoms with Gasteiger partial charge in [-0.1, -0.05) is 63.4 Å². The molecule has 0 saturated heterocycles. The highest BCUT2D eigenvalue weighted by atomic mass is 16.5. The first-order valence-corrected chi connectivity index (χ1v) is 7.95. The normalized spacial score (nSPS) is 12.1. The van der Waals surface area contributed by atoms with Crippen molar-refractivity contribution in [1.29, 1.82) is 0 Å². The summed E-state index contributed by atoms with van der Waals surface area (Å²) in [5.74, 6) is 1.44. The van der Waals surface area contributed by atoms with Gasteiger partial charge in [0.15, 0.2) is 0 Å². The van der Waals surface area contributed by atoms with Gasteiger partial charge in [-0.3, -0.25) is 0 Å². The van der Waals surface area contributed by atoms with E-state index in [1.54, 1.807) is 0 Å². The first-order chi connectivity index (χ1) is 10.3. The summed E-state index contributed by atoms with van der Waals surface area (Å²) in [5, 5.41) is 0. The molecule has 1 heteroatoms. The molecule has 21 heavy (non-hydrogen) atoms. The lowest BCUT2D eigenvalue weighted by atomic mass is 10.0. The number of rotatable bonds is 8. The van der Waals surface area contributed by atoms with Gasteiger partial charge in [0.2, 0.25) is 0 Å². The van der Waals surface area contributed by atoms with E-state index in [4.69, 9.17) is 4.74 Å². The molecule has 2 aromatic rings. The summed E-state index contributed by atoms with van der Waals surface area (Å²) in [4.78, 5) is 0. The van der Waals surface area contributed by atoms with Crippen molar-refractivity contribution in [2.45, 2.75) is 39.5 Å². The third kappa shape index (κ3) is 4.93. The SMILES string of the molecule is CCCCC(CC)COc1[c]cc(-c2ccccc2)[c]c1. The predicted molar refractivity (Wildman–Crippen MR) is 88.4 cm³/mol. The quantitative estimate of drug-likeness (QED) is 0.616. The second kappa shape index (κ2) is 8.51. The molecule has 2 rings (SSSR count). The first kappa shape index (κ1) is 15.6. The largest absolute Gasteiger partial charge is 0.493 e. The van der Waals surface area contributed by atoms with E-state index >= 15 is 0 Å². The van der Waals surface area contributed by atoms with Gasteiger partial charge in [0, 0.05) is 6.07 Å². The second-order valence-corrected chi connectivity index (χ2v) is 5.45. The van der Waals surface area contributed by atoms with Crippen molar-refractivity contribution in [3.05, 3.63) is 54.6 Å². The Hall–Kier alpha value is -1.76. The van der Waals surface area contributed by atoms with Crippen molar-refractivity contribution < 1.29 is 4.74 Å². The zero-order valence-corrected chi connectivity index (χ0v) is 13.1. The average Bonchev–Trinajstić information content (AvgIpc) is 2.56. The molecule has 0 N–H and O–H groups in total. The van der Waals surface area contributed by atoms with E-state index < -0.39 is 0 Å². The van der Waals surface area contributed by atoms with E-state index in [1.807, 2.05) is 30.3 Å². The summed E-state index contributed by atoms with van der Waals surface area (Å²) in [5.41, 5.74) is 2.22. The van der Waals surface area contributed by atoms with Crippen molar-refractivity contribution in [3.63, 3.8) is 0 Å². The molecule has 1 nitrogen and oxygen atoms in total. The fourth-order valence-electron chi connectivity index (χ4n) is 2.34. The van der Waals surface area contributed by atoms with Gasteiger partial charge in [-0.05, 0) is 41.7 Å². The summed E-state index contributed by atoms with van der Waals surface area (Å²) in [6.45, 7) is 5.25. The molecule has 0 bridgehead atoms. The molecule has 0 aliphatic heterocycles. The van der Waals surface area contributed by atoms with Gasteiger partial charge in [-0.15, -0.1) is 0 Å². The van der Waals surface area contributed by atoms with E-state index in [9.17, 15) is 0 Å². The van der Waals surface area contributed by atoms with Crippen LogP contribution < -0.4 is 4.74 Å². The van der Waals surface area contributed by atoms with Gasteiger partial charge in [0.05, 0.1) is 6.61 Å². The predicted octanol–water partition coefficient (Wildman–Crippen LogP) is 5.55. The summed E-state index contributed by atoms with van der Waals surface area (Å²) >= 11 is 0. The van der Waals surface area contributed by atoms with Crippen LogP contribution in [0.5, 0.6) is 5.75 Å². The molecule has 2 radical (unpaired) electrons. The number of ether oxygens (including phenoxy) is 1. The monoisotopic (exact) mass is 280 g/mol. The van der Waals surface area contributed by atoms with Gasteiger partial charge in [-0.2, -0.15) is 0 Å². The third-order valence-corrected chi connectivity index (χ3v) is 3.82. The topological polar surface area (TPSA) is 9.23 Å². The Morgan fingerprint density at radius 2 is 1.86 bits per heavy atom. The highest BCUT2D eigenvalue weighted by molar-refractivity contribution is 5.62. The highest BCUT2D eigenvalue weighted by Gasteiger charge is 2.07. The lowest BCUT2D eigenvalue weighted by Crippen LogP contribution is -2.11. The summed E-state index contributed by atoms with van der Waals surface area (Å²) in [6.07, 6.45) is 4.96. The van der Waals surface area contributed by atoms with Crippen LogP contribution in [0, 0.1) is 18.1 Å². The smallest absolute Gasteiger partial charge is 0.127 e. The van der Waals surface area contributed by atoms with Crippen molar-refractivity contribution in [3.8, 4) is 16.9 Å². The molecule has 1 atom stereocenters. The second-order valence-electron chi connectivity index (χ2n) is 5.45. The number of hydrogen-bond donors (Lipinski definition) is 0. The Bertz CT molecular complexity index is 501. The van der Waals surface area contributed by atoms with Crippen LogP contribution in [-0.4, -0.2) is 6.61 Å². The Labute approximate surface area is 129 Å². The molecule has 110 valence electrons. The van der Waals surface area contributed by atoms with Crippen LogP contribution in [0.3, 0.4) is 0 Å². The number of unbranched alkanes of at least 4 members (excludes halogenated alkanes) is 1. The molecule has 0 aromatic heterocycles. The fraction of sp³-hybridized carbons (Fsp3) is 0.400. The third-order valence-electron chi connectivity index (χ3n) is 3.82. The Morgan fingerprint density at radius 1 is 1.05 bits per heavy atom. The molecule has 0 amide bonds. The number of hydrogen-bond acceptors (Lipinski definition) is 1. The Kier molecular flexibility index (Phi) is 6.33. The van der Waals surface area contributed by atoms with Gasteiger partial charge in [0.25, 0.3) is 0 Å². The fourth-order valence-corrected chi connectivity index (χ4v) is 2.34. The van der Waals surface area contributed by atoms with Crippen LogP contribution in [0.2, 0.25) is 0 Å². The summed E-state index contributed by atoms with van der Waals surface area (Å²) < 4.78 is 5.86. The van der Waals surface area contributed by atoms with E-state index in [2.05, 4.69) is 38.1 Å². The van der Waals surface area contributed by atoms with Crippen molar-refractivity contribution in [1.82, 2.24) is 0 Å². The van der Waals surface area contributed by atoms with E-state index in [1.165, 1.54) is 25.7 Å². The van der Waals surface area contributed by atoms with Gasteiger partial charge >= 0.3 is 0 Å². The van der Waals surface area contributed by atoms with E-state index in [0.717, 1.165) is 23.5 Å².